The molecule has 1 aliphatic heterocycles. The highest BCUT2D eigenvalue weighted by Crippen LogP contribution is 2.28. The number of hydrogen-bond acceptors (Lipinski definition) is 7. The quantitative estimate of drug-likeness (QED) is 0.689. The van der Waals surface area contributed by atoms with Gasteiger partial charge in [0.1, 0.15) is 12.7 Å². The molecule has 1 fully saturated rings. The molecule has 0 spiro atoms. The largest absolute Gasteiger partial charge is 0.474 e. The molecule has 0 aliphatic carbocycles. The summed E-state index contributed by atoms with van der Waals surface area (Å²) in [4.78, 5) is 21.7. The molecule has 0 N–H and O–H groups in total. The average Bonchev–Trinajstić information content (AvgIpc) is 2.69. The number of fused-ring (bicyclic) bond motifs is 1. The Labute approximate surface area is 159 Å². The van der Waals surface area contributed by atoms with Crippen molar-refractivity contribution in [3.8, 4) is 5.88 Å². The summed E-state index contributed by atoms with van der Waals surface area (Å²) >= 11 is 0. The lowest BCUT2D eigenvalue weighted by atomic mass is 10.1. The van der Waals surface area contributed by atoms with Crippen LogP contribution in [0.1, 0.15) is 19.4 Å². The second kappa shape index (κ2) is 7.84. The first kappa shape index (κ1) is 17.6. The van der Waals surface area contributed by atoms with E-state index in [9.17, 15) is 0 Å². The molecule has 0 amide bonds. The molecule has 1 aliphatic rings. The standard InChI is InChI=1S/C20H24N6O/c1-15(2)27-20-18-9-17(3-4-19(18)23-14-24-20)26-7-5-25(6-8-26)12-16-10-21-13-22-11-16/h3-4,9-11,13-15H,5-8,12H2,1-2H3. The second-order valence-corrected chi connectivity index (χ2v) is 7.06. The molecule has 0 radical (unpaired) electrons. The van der Waals surface area contributed by atoms with E-state index in [2.05, 4.69) is 41.9 Å². The van der Waals surface area contributed by atoms with Crippen LogP contribution >= 0.6 is 0 Å². The van der Waals surface area contributed by atoms with Gasteiger partial charge in [-0.25, -0.2) is 19.9 Å². The maximum absolute atomic E-state index is 5.86. The number of aromatic nitrogens is 4. The molecule has 7 nitrogen and oxygen atoms in total. The van der Waals surface area contributed by atoms with Gasteiger partial charge in [-0.15, -0.1) is 0 Å². The van der Waals surface area contributed by atoms with Crippen molar-refractivity contribution in [3.63, 3.8) is 0 Å². The highest BCUT2D eigenvalue weighted by atomic mass is 16.5. The lowest BCUT2D eigenvalue weighted by molar-refractivity contribution is 0.235. The summed E-state index contributed by atoms with van der Waals surface area (Å²) in [5.41, 5.74) is 3.25. The van der Waals surface area contributed by atoms with E-state index < -0.39 is 0 Å². The molecule has 0 bridgehead atoms. The van der Waals surface area contributed by atoms with Crippen LogP contribution in [0.3, 0.4) is 0 Å². The van der Waals surface area contributed by atoms with E-state index in [-0.39, 0.29) is 6.10 Å². The number of nitrogens with zero attached hydrogens (tertiary/aromatic N) is 6. The van der Waals surface area contributed by atoms with Gasteiger partial charge in [0.05, 0.1) is 17.0 Å². The van der Waals surface area contributed by atoms with Crippen molar-refractivity contribution in [2.75, 3.05) is 31.1 Å². The van der Waals surface area contributed by atoms with E-state index in [1.165, 1.54) is 5.69 Å². The van der Waals surface area contributed by atoms with Crippen molar-refractivity contribution in [3.05, 3.63) is 48.8 Å². The van der Waals surface area contributed by atoms with Gasteiger partial charge in [0.25, 0.3) is 0 Å². The van der Waals surface area contributed by atoms with Crippen LogP contribution in [0.5, 0.6) is 5.88 Å². The predicted molar refractivity (Wildman–Crippen MR) is 105 cm³/mol. The van der Waals surface area contributed by atoms with Crippen LogP contribution in [0.15, 0.2) is 43.2 Å². The molecule has 4 rings (SSSR count). The number of ether oxygens (including phenoxy) is 1. The smallest absolute Gasteiger partial charge is 0.224 e. The van der Waals surface area contributed by atoms with Gasteiger partial charge < -0.3 is 9.64 Å². The molecule has 3 aromatic rings. The molecular formula is C20H24N6O. The molecule has 0 atom stereocenters. The lowest BCUT2D eigenvalue weighted by Gasteiger charge is -2.36. The first-order chi connectivity index (χ1) is 13.2. The third-order valence-corrected chi connectivity index (χ3v) is 4.69. The number of hydrogen-bond donors (Lipinski definition) is 0. The molecule has 0 saturated carbocycles. The molecular weight excluding hydrogens is 340 g/mol. The van der Waals surface area contributed by atoms with Gasteiger partial charge in [0.2, 0.25) is 5.88 Å². The number of benzene rings is 1. The highest BCUT2D eigenvalue weighted by molar-refractivity contribution is 5.86. The summed E-state index contributed by atoms with van der Waals surface area (Å²) in [6.07, 6.45) is 6.99. The summed E-state index contributed by atoms with van der Waals surface area (Å²) in [6.45, 7) is 8.89. The number of rotatable bonds is 5. The fraction of sp³-hybridized carbons (Fsp3) is 0.400. The van der Waals surface area contributed by atoms with Crippen molar-refractivity contribution < 1.29 is 4.74 Å². The van der Waals surface area contributed by atoms with Crippen molar-refractivity contribution in [1.82, 2.24) is 24.8 Å². The van der Waals surface area contributed by atoms with Crippen molar-refractivity contribution in [1.29, 1.82) is 0 Å². The van der Waals surface area contributed by atoms with Crippen LogP contribution in [-0.2, 0) is 6.54 Å². The maximum atomic E-state index is 5.86. The first-order valence-electron chi connectivity index (χ1n) is 9.31. The zero-order chi connectivity index (χ0) is 18.6. The fourth-order valence-electron chi connectivity index (χ4n) is 3.37. The Morgan fingerprint density at radius 3 is 2.52 bits per heavy atom. The topological polar surface area (TPSA) is 67.3 Å². The zero-order valence-electron chi connectivity index (χ0n) is 15.7. The van der Waals surface area contributed by atoms with Gasteiger partial charge in [0.15, 0.2) is 0 Å². The van der Waals surface area contributed by atoms with Gasteiger partial charge in [-0.2, -0.15) is 0 Å². The summed E-state index contributed by atoms with van der Waals surface area (Å²) in [5.74, 6) is 0.652. The molecule has 27 heavy (non-hydrogen) atoms. The van der Waals surface area contributed by atoms with Gasteiger partial charge in [-0.1, -0.05) is 0 Å². The fourth-order valence-corrected chi connectivity index (χ4v) is 3.37. The number of piperazine rings is 1. The maximum Gasteiger partial charge on any atom is 0.224 e. The summed E-state index contributed by atoms with van der Waals surface area (Å²) in [5, 5.41) is 0.965. The minimum atomic E-state index is 0.0808. The molecule has 3 heterocycles. The van der Waals surface area contributed by atoms with Crippen molar-refractivity contribution in [2.45, 2.75) is 26.5 Å². The average molecular weight is 364 g/mol. The predicted octanol–water partition coefficient (Wildman–Crippen LogP) is 2.53. The van der Waals surface area contributed by atoms with Crippen LogP contribution in [0.2, 0.25) is 0 Å². The molecule has 140 valence electrons. The van der Waals surface area contributed by atoms with Crippen LogP contribution in [-0.4, -0.2) is 57.1 Å². The van der Waals surface area contributed by atoms with E-state index in [0.717, 1.165) is 49.2 Å². The molecule has 2 aromatic heterocycles. The third kappa shape index (κ3) is 4.14. The minimum Gasteiger partial charge on any atom is -0.474 e. The Morgan fingerprint density at radius 1 is 1.00 bits per heavy atom. The van der Waals surface area contributed by atoms with Crippen LogP contribution < -0.4 is 9.64 Å². The first-order valence-corrected chi connectivity index (χ1v) is 9.31. The summed E-state index contributed by atoms with van der Waals surface area (Å²) in [7, 11) is 0. The van der Waals surface area contributed by atoms with Gasteiger partial charge in [0, 0.05) is 56.4 Å². The van der Waals surface area contributed by atoms with Crippen molar-refractivity contribution >= 4 is 16.6 Å². The van der Waals surface area contributed by atoms with E-state index in [4.69, 9.17) is 4.74 Å². The SMILES string of the molecule is CC(C)Oc1ncnc2ccc(N3CCN(Cc4cncnc4)CC3)cc12. The Balaban J connectivity index is 1.47. The van der Waals surface area contributed by atoms with E-state index in [0.29, 0.717) is 5.88 Å². The molecule has 1 aromatic carbocycles. The third-order valence-electron chi connectivity index (χ3n) is 4.69. The van der Waals surface area contributed by atoms with E-state index in [1.807, 2.05) is 32.3 Å². The normalized spacial score (nSPS) is 15.4. The minimum absolute atomic E-state index is 0.0808. The van der Waals surface area contributed by atoms with Gasteiger partial charge in [-0.3, -0.25) is 4.90 Å². The summed E-state index contributed by atoms with van der Waals surface area (Å²) < 4.78 is 5.86. The highest BCUT2D eigenvalue weighted by Gasteiger charge is 2.18. The summed E-state index contributed by atoms with van der Waals surface area (Å²) in [6, 6.07) is 6.33. The van der Waals surface area contributed by atoms with Crippen LogP contribution in [0.4, 0.5) is 5.69 Å². The molecule has 7 heteroatoms. The van der Waals surface area contributed by atoms with Gasteiger partial charge >= 0.3 is 0 Å². The van der Waals surface area contributed by atoms with Crippen LogP contribution in [0, 0.1) is 0 Å². The Kier molecular flexibility index (Phi) is 5.11. The van der Waals surface area contributed by atoms with E-state index in [1.54, 1.807) is 12.7 Å². The van der Waals surface area contributed by atoms with E-state index >= 15 is 0 Å². The molecule has 0 unspecified atom stereocenters. The Morgan fingerprint density at radius 2 is 1.78 bits per heavy atom. The Hall–Kier alpha value is -2.80. The zero-order valence-corrected chi connectivity index (χ0v) is 15.7. The molecule has 1 saturated heterocycles. The van der Waals surface area contributed by atoms with Gasteiger partial charge in [-0.05, 0) is 32.0 Å². The Bertz CT molecular complexity index is 893. The van der Waals surface area contributed by atoms with Crippen molar-refractivity contribution in [2.24, 2.45) is 0 Å². The van der Waals surface area contributed by atoms with Crippen LogP contribution in [0.25, 0.3) is 10.9 Å². The monoisotopic (exact) mass is 364 g/mol. The lowest BCUT2D eigenvalue weighted by Crippen LogP contribution is -2.46. The second-order valence-electron chi connectivity index (χ2n) is 7.06. The number of anilines is 1.